The third kappa shape index (κ3) is 5.21. The van der Waals surface area contributed by atoms with E-state index in [0.717, 1.165) is 16.7 Å². The zero-order chi connectivity index (χ0) is 23.0. The molecule has 32 heavy (non-hydrogen) atoms. The van der Waals surface area contributed by atoms with Crippen LogP contribution in [-0.4, -0.2) is 34.1 Å². The Morgan fingerprint density at radius 2 is 1.12 bits per heavy atom. The first-order valence-corrected chi connectivity index (χ1v) is 10.3. The van der Waals surface area contributed by atoms with Crippen molar-refractivity contribution in [3.63, 3.8) is 0 Å². The molecule has 0 aromatic heterocycles. The molecule has 3 N–H and O–H groups in total. The molecule has 0 fully saturated rings. The minimum atomic E-state index is -1.28. The smallest absolute Gasteiger partial charge is 0.326 e. The van der Waals surface area contributed by atoms with Gasteiger partial charge >= 0.3 is 11.9 Å². The maximum Gasteiger partial charge on any atom is 0.326 e. The molecule has 1 atom stereocenters. The number of amides is 1. The minimum absolute atomic E-state index is 0.0398. The lowest BCUT2D eigenvalue weighted by Crippen LogP contribution is -2.44. The van der Waals surface area contributed by atoms with Crippen LogP contribution >= 0.6 is 0 Å². The normalized spacial score (nSPS) is 12.0. The maximum atomic E-state index is 13.2. The van der Waals surface area contributed by atoms with Crippen LogP contribution in [0.1, 0.15) is 36.0 Å². The number of carbonyl (C=O) groups is 3. The van der Waals surface area contributed by atoms with Crippen LogP contribution in [0.4, 0.5) is 0 Å². The molecule has 164 valence electrons. The fourth-order valence-corrected chi connectivity index (χ4v) is 3.99. The van der Waals surface area contributed by atoms with Gasteiger partial charge in [-0.3, -0.25) is 9.59 Å². The fraction of sp³-hybridized carbons (Fsp3) is 0.192. The first-order valence-electron chi connectivity index (χ1n) is 10.3. The summed E-state index contributed by atoms with van der Waals surface area (Å²) in [5, 5.41) is 20.9. The number of hydrogen-bond acceptors (Lipinski definition) is 3. The molecule has 0 aliphatic carbocycles. The van der Waals surface area contributed by atoms with Gasteiger partial charge in [-0.25, -0.2) is 4.79 Å². The molecule has 0 heterocycles. The number of benzene rings is 3. The SMILES string of the molecule is O=C(O)CC[C@@H](NC(=O)CC(c1ccccc1)(c1ccccc1)c1ccccc1)C(=O)O. The van der Waals surface area contributed by atoms with Crippen LogP contribution in [0.3, 0.4) is 0 Å². The lowest BCUT2D eigenvalue weighted by atomic mass is 9.67. The second-order valence-corrected chi connectivity index (χ2v) is 7.57. The molecule has 3 rings (SSSR count). The number of carboxylic acids is 2. The van der Waals surface area contributed by atoms with Crippen molar-refractivity contribution in [2.24, 2.45) is 0 Å². The Bertz CT molecular complexity index is 955. The largest absolute Gasteiger partial charge is 0.481 e. The van der Waals surface area contributed by atoms with Crippen molar-refractivity contribution >= 4 is 17.8 Å². The third-order valence-electron chi connectivity index (χ3n) is 5.51. The standard InChI is InChI=1S/C26H25NO5/c28-23(27-22(25(31)32)16-17-24(29)30)18-26(19-10-4-1-5-11-19,20-12-6-2-7-13-20)21-14-8-3-9-15-21/h1-15,22H,16-18H2,(H,27,28)(H,29,30)(H,31,32)/t22-/m1/s1. The predicted molar refractivity (Wildman–Crippen MR) is 120 cm³/mol. The van der Waals surface area contributed by atoms with Gasteiger partial charge < -0.3 is 15.5 Å². The summed E-state index contributed by atoms with van der Waals surface area (Å²) in [4.78, 5) is 35.7. The molecule has 3 aromatic carbocycles. The van der Waals surface area contributed by atoms with Gasteiger partial charge in [0, 0.05) is 12.8 Å². The average Bonchev–Trinajstić information content (AvgIpc) is 2.81. The summed E-state index contributed by atoms with van der Waals surface area (Å²) in [6.07, 6.45) is -0.578. The Hall–Kier alpha value is -3.93. The lowest BCUT2D eigenvalue weighted by molar-refractivity contribution is -0.143. The summed E-state index contributed by atoms with van der Waals surface area (Å²) >= 11 is 0. The second-order valence-electron chi connectivity index (χ2n) is 7.57. The van der Waals surface area contributed by atoms with Crippen LogP contribution in [-0.2, 0) is 19.8 Å². The molecule has 0 saturated heterocycles. The van der Waals surface area contributed by atoms with E-state index >= 15 is 0 Å². The molecule has 0 spiro atoms. The van der Waals surface area contributed by atoms with Gasteiger partial charge in [0.1, 0.15) is 6.04 Å². The zero-order valence-electron chi connectivity index (χ0n) is 17.5. The zero-order valence-corrected chi connectivity index (χ0v) is 17.5. The third-order valence-corrected chi connectivity index (χ3v) is 5.51. The number of carbonyl (C=O) groups excluding carboxylic acids is 1. The predicted octanol–water partition coefficient (Wildman–Crippen LogP) is 3.85. The Kier molecular flexibility index (Phi) is 7.39. The van der Waals surface area contributed by atoms with Gasteiger partial charge in [0.05, 0.1) is 5.41 Å². The van der Waals surface area contributed by atoms with E-state index in [4.69, 9.17) is 5.11 Å². The maximum absolute atomic E-state index is 13.2. The summed E-state index contributed by atoms with van der Waals surface area (Å²) in [5.41, 5.74) is 1.82. The summed E-state index contributed by atoms with van der Waals surface area (Å²) in [6, 6.07) is 27.5. The quantitative estimate of drug-likeness (QED) is 0.423. The van der Waals surface area contributed by atoms with E-state index in [0.29, 0.717) is 0 Å². The van der Waals surface area contributed by atoms with Crippen LogP contribution in [0, 0.1) is 0 Å². The molecule has 0 bridgehead atoms. The van der Waals surface area contributed by atoms with Crippen LogP contribution < -0.4 is 5.32 Å². The van der Waals surface area contributed by atoms with E-state index in [1.54, 1.807) is 0 Å². The fourth-order valence-electron chi connectivity index (χ4n) is 3.99. The van der Waals surface area contributed by atoms with Crippen molar-refractivity contribution in [1.29, 1.82) is 0 Å². The number of aliphatic carboxylic acids is 2. The molecule has 1 amide bonds. The second kappa shape index (κ2) is 10.4. The molecule has 0 aliphatic rings. The van der Waals surface area contributed by atoms with Crippen molar-refractivity contribution in [1.82, 2.24) is 5.32 Å². The van der Waals surface area contributed by atoms with Crippen LogP contribution in [0.5, 0.6) is 0 Å². The van der Waals surface area contributed by atoms with Gasteiger partial charge in [-0.05, 0) is 23.1 Å². The molecule has 3 aromatic rings. The Balaban J connectivity index is 2.06. The minimum Gasteiger partial charge on any atom is -0.481 e. The summed E-state index contributed by atoms with van der Waals surface area (Å²) in [7, 11) is 0. The highest BCUT2D eigenvalue weighted by atomic mass is 16.4. The monoisotopic (exact) mass is 431 g/mol. The molecule has 6 nitrogen and oxygen atoms in total. The van der Waals surface area contributed by atoms with Crippen molar-refractivity contribution in [2.75, 3.05) is 0 Å². The van der Waals surface area contributed by atoms with E-state index in [-0.39, 0.29) is 19.3 Å². The molecule has 0 aliphatic heterocycles. The Labute approximate surface area is 186 Å². The van der Waals surface area contributed by atoms with Crippen LogP contribution in [0.15, 0.2) is 91.0 Å². The molecule has 0 saturated carbocycles. The van der Waals surface area contributed by atoms with Crippen molar-refractivity contribution in [2.45, 2.75) is 30.7 Å². The van der Waals surface area contributed by atoms with Gasteiger partial charge in [-0.2, -0.15) is 0 Å². The molecular formula is C26H25NO5. The van der Waals surface area contributed by atoms with Crippen molar-refractivity contribution in [3.8, 4) is 0 Å². The summed E-state index contributed by atoms with van der Waals surface area (Å²) < 4.78 is 0. The molecule has 0 unspecified atom stereocenters. The van der Waals surface area contributed by atoms with Gasteiger partial charge in [0.2, 0.25) is 5.91 Å². The van der Waals surface area contributed by atoms with Crippen LogP contribution in [0.25, 0.3) is 0 Å². The lowest BCUT2D eigenvalue weighted by Gasteiger charge is -2.36. The van der Waals surface area contributed by atoms with E-state index in [1.807, 2.05) is 91.0 Å². The Morgan fingerprint density at radius 3 is 1.47 bits per heavy atom. The number of nitrogens with one attached hydrogen (secondary N) is 1. The number of carboxylic acid groups (broad SMARTS) is 2. The highest BCUT2D eigenvalue weighted by Gasteiger charge is 2.39. The van der Waals surface area contributed by atoms with Gasteiger partial charge in [-0.1, -0.05) is 91.0 Å². The molecule has 0 radical (unpaired) electrons. The van der Waals surface area contributed by atoms with E-state index in [1.165, 1.54) is 0 Å². The highest BCUT2D eigenvalue weighted by Crippen LogP contribution is 2.42. The first kappa shape index (κ1) is 22.7. The van der Waals surface area contributed by atoms with E-state index in [2.05, 4.69) is 5.32 Å². The van der Waals surface area contributed by atoms with E-state index in [9.17, 15) is 19.5 Å². The molecular weight excluding hydrogens is 406 g/mol. The summed E-state index contributed by atoms with van der Waals surface area (Å²) in [5.74, 6) is -2.85. The first-order chi connectivity index (χ1) is 15.4. The number of hydrogen-bond donors (Lipinski definition) is 3. The molecule has 6 heteroatoms. The van der Waals surface area contributed by atoms with Gasteiger partial charge in [0.25, 0.3) is 0 Å². The van der Waals surface area contributed by atoms with Gasteiger partial charge in [0.15, 0.2) is 0 Å². The van der Waals surface area contributed by atoms with Crippen LogP contribution in [0.2, 0.25) is 0 Å². The van der Waals surface area contributed by atoms with Gasteiger partial charge in [-0.15, -0.1) is 0 Å². The Morgan fingerprint density at radius 1 is 0.719 bits per heavy atom. The van der Waals surface area contributed by atoms with E-state index < -0.39 is 29.3 Å². The topological polar surface area (TPSA) is 104 Å². The highest BCUT2D eigenvalue weighted by molar-refractivity contribution is 5.86. The average molecular weight is 431 g/mol. The van der Waals surface area contributed by atoms with Crippen molar-refractivity contribution < 1.29 is 24.6 Å². The van der Waals surface area contributed by atoms with Crippen molar-refractivity contribution in [3.05, 3.63) is 108 Å². The summed E-state index contributed by atoms with van der Waals surface area (Å²) in [6.45, 7) is 0. The number of rotatable bonds is 10.